The Bertz CT molecular complexity index is 623. The Morgan fingerprint density at radius 3 is 2.72 bits per heavy atom. The zero-order chi connectivity index (χ0) is 13.3. The van der Waals surface area contributed by atoms with Crippen molar-refractivity contribution in [1.29, 1.82) is 5.26 Å². The molecule has 0 unspecified atom stereocenters. The topological polar surface area (TPSA) is 37.9 Å². The second kappa shape index (κ2) is 4.91. The van der Waals surface area contributed by atoms with E-state index in [0.717, 1.165) is 23.2 Å². The number of aromatic nitrogens is 1. The van der Waals surface area contributed by atoms with Gasteiger partial charge in [-0.05, 0) is 12.0 Å². The Morgan fingerprint density at radius 1 is 1.44 bits per heavy atom. The number of hydrogen-bond donors (Lipinski definition) is 0. The van der Waals surface area contributed by atoms with Crippen LogP contribution in [0.5, 0.6) is 5.75 Å². The van der Waals surface area contributed by atoms with Crippen molar-refractivity contribution in [2.24, 2.45) is 5.92 Å². The number of ether oxygens (including phenoxy) is 1. The predicted octanol–water partition coefficient (Wildman–Crippen LogP) is 3.83. The number of rotatable bonds is 3. The molecule has 1 aromatic heterocycles. The van der Waals surface area contributed by atoms with Crippen molar-refractivity contribution in [2.45, 2.75) is 20.4 Å². The summed E-state index contributed by atoms with van der Waals surface area (Å²) in [6.07, 6.45) is 0. The zero-order valence-electron chi connectivity index (χ0n) is 10.7. The second-order valence-corrected chi connectivity index (χ2v) is 5.00. The van der Waals surface area contributed by atoms with Crippen LogP contribution in [0.4, 0.5) is 0 Å². The van der Waals surface area contributed by atoms with Gasteiger partial charge in [0.15, 0.2) is 0 Å². The molecule has 0 aliphatic carbocycles. The van der Waals surface area contributed by atoms with Gasteiger partial charge in [0, 0.05) is 11.9 Å². The molecule has 2 aromatic rings. The minimum absolute atomic E-state index is 0.439. The zero-order valence-corrected chi connectivity index (χ0v) is 11.5. The molecule has 0 aliphatic rings. The van der Waals surface area contributed by atoms with Gasteiger partial charge in [0.1, 0.15) is 17.0 Å². The summed E-state index contributed by atoms with van der Waals surface area (Å²) in [7, 11) is 1.63. The first-order chi connectivity index (χ1) is 8.60. The van der Waals surface area contributed by atoms with Gasteiger partial charge in [-0.15, -0.1) is 0 Å². The van der Waals surface area contributed by atoms with Gasteiger partial charge in [0.05, 0.1) is 18.2 Å². The summed E-state index contributed by atoms with van der Waals surface area (Å²) < 4.78 is 7.33. The van der Waals surface area contributed by atoms with Gasteiger partial charge in [-0.2, -0.15) is 5.26 Å². The molecular formula is C14H15ClN2O. The van der Waals surface area contributed by atoms with Crippen LogP contribution in [0.3, 0.4) is 0 Å². The molecule has 3 nitrogen and oxygen atoms in total. The molecular weight excluding hydrogens is 248 g/mol. The average Bonchev–Trinajstić information content (AvgIpc) is 2.61. The van der Waals surface area contributed by atoms with Gasteiger partial charge in [0.2, 0.25) is 0 Å². The lowest BCUT2D eigenvalue weighted by atomic mass is 10.2. The number of methoxy groups -OCH3 is 1. The molecule has 0 aliphatic heterocycles. The van der Waals surface area contributed by atoms with Crippen LogP contribution in [0, 0.1) is 17.2 Å². The summed E-state index contributed by atoms with van der Waals surface area (Å²) in [5, 5.41) is 10.6. The first-order valence-electron chi connectivity index (χ1n) is 5.85. The van der Waals surface area contributed by atoms with Crippen molar-refractivity contribution in [3.63, 3.8) is 0 Å². The fourth-order valence-corrected chi connectivity index (χ4v) is 2.45. The van der Waals surface area contributed by atoms with Crippen LogP contribution in [0.1, 0.15) is 19.4 Å². The molecule has 0 saturated carbocycles. The molecule has 0 spiro atoms. The lowest BCUT2D eigenvalue weighted by Crippen LogP contribution is -2.05. The van der Waals surface area contributed by atoms with Crippen LogP contribution < -0.4 is 4.74 Å². The van der Waals surface area contributed by atoms with E-state index in [9.17, 15) is 5.26 Å². The molecule has 1 aromatic carbocycles. The summed E-state index contributed by atoms with van der Waals surface area (Å²) in [4.78, 5) is 0. The van der Waals surface area contributed by atoms with E-state index in [1.54, 1.807) is 7.11 Å². The first kappa shape index (κ1) is 12.8. The van der Waals surface area contributed by atoms with Crippen LogP contribution in [0.15, 0.2) is 18.2 Å². The summed E-state index contributed by atoms with van der Waals surface area (Å²) in [6.45, 7) is 4.99. The molecule has 0 atom stereocenters. The minimum atomic E-state index is 0.439. The monoisotopic (exact) mass is 262 g/mol. The van der Waals surface area contributed by atoms with E-state index in [4.69, 9.17) is 16.3 Å². The maximum absolute atomic E-state index is 9.24. The minimum Gasteiger partial charge on any atom is -0.495 e. The van der Waals surface area contributed by atoms with Crippen LogP contribution in [0.25, 0.3) is 10.9 Å². The summed E-state index contributed by atoms with van der Waals surface area (Å²) in [6, 6.07) is 7.84. The smallest absolute Gasteiger partial charge is 0.143 e. The number of para-hydroxylation sites is 1. The molecule has 2 rings (SSSR count). The van der Waals surface area contributed by atoms with E-state index < -0.39 is 0 Å². The third-order valence-electron chi connectivity index (χ3n) is 2.86. The Morgan fingerprint density at radius 2 is 2.17 bits per heavy atom. The fraction of sp³-hybridized carbons (Fsp3) is 0.357. The highest BCUT2D eigenvalue weighted by molar-refractivity contribution is 6.32. The van der Waals surface area contributed by atoms with Crippen LogP contribution in [0.2, 0.25) is 5.15 Å². The summed E-state index contributed by atoms with van der Waals surface area (Å²) in [5.41, 5.74) is 1.42. The van der Waals surface area contributed by atoms with Gasteiger partial charge in [-0.1, -0.05) is 37.6 Å². The molecule has 0 radical (unpaired) electrons. The molecule has 4 heteroatoms. The standard InChI is InChI=1S/C14H15ClN2O/c1-9(2)8-17-13-10(11(7-16)14(17)15)5-4-6-12(13)18-3/h4-6,9H,8H2,1-3H3. The average molecular weight is 263 g/mol. The third-order valence-corrected chi connectivity index (χ3v) is 3.25. The normalized spacial score (nSPS) is 10.9. The van der Waals surface area contributed by atoms with Gasteiger partial charge >= 0.3 is 0 Å². The van der Waals surface area contributed by atoms with Gasteiger partial charge in [0.25, 0.3) is 0 Å². The Kier molecular flexibility index (Phi) is 3.49. The Balaban J connectivity index is 2.82. The highest BCUT2D eigenvalue weighted by Crippen LogP contribution is 2.35. The molecule has 0 amide bonds. The van der Waals surface area contributed by atoms with Crippen molar-refractivity contribution in [1.82, 2.24) is 4.57 Å². The number of fused-ring (bicyclic) bond motifs is 1. The molecule has 0 fully saturated rings. The lowest BCUT2D eigenvalue weighted by Gasteiger charge is -2.12. The van der Waals surface area contributed by atoms with Crippen molar-refractivity contribution in [3.8, 4) is 11.8 Å². The van der Waals surface area contributed by atoms with E-state index in [1.165, 1.54) is 0 Å². The van der Waals surface area contributed by atoms with Gasteiger partial charge in [-0.25, -0.2) is 0 Å². The molecule has 0 saturated heterocycles. The maximum atomic E-state index is 9.24. The van der Waals surface area contributed by atoms with E-state index in [2.05, 4.69) is 19.9 Å². The Hall–Kier alpha value is -1.66. The Labute approximate surface area is 112 Å². The molecule has 18 heavy (non-hydrogen) atoms. The van der Waals surface area contributed by atoms with E-state index >= 15 is 0 Å². The fourth-order valence-electron chi connectivity index (χ4n) is 2.15. The van der Waals surface area contributed by atoms with Crippen LogP contribution in [-0.2, 0) is 6.54 Å². The first-order valence-corrected chi connectivity index (χ1v) is 6.22. The van der Waals surface area contributed by atoms with Gasteiger partial charge < -0.3 is 9.30 Å². The number of halogens is 1. The molecule has 0 bridgehead atoms. The number of nitrogens with zero attached hydrogens (tertiary/aromatic N) is 2. The second-order valence-electron chi connectivity index (χ2n) is 4.64. The number of hydrogen-bond acceptors (Lipinski definition) is 2. The van der Waals surface area contributed by atoms with E-state index in [-0.39, 0.29) is 0 Å². The van der Waals surface area contributed by atoms with Crippen LogP contribution >= 0.6 is 11.6 Å². The van der Waals surface area contributed by atoms with Crippen LogP contribution in [-0.4, -0.2) is 11.7 Å². The van der Waals surface area contributed by atoms with E-state index in [0.29, 0.717) is 16.6 Å². The van der Waals surface area contributed by atoms with Crippen molar-refractivity contribution < 1.29 is 4.74 Å². The van der Waals surface area contributed by atoms with Crippen molar-refractivity contribution >= 4 is 22.5 Å². The highest BCUT2D eigenvalue weighted by Gasteiger charge is 2.18. The highest BCUT2D eigenvalue weighted by atomic mass is 35.5. The summed E-state index contributed by atoms with van der Waals surface area (Å²) in [5.74, 6) is 1.19. The number of benzene rings is 1. The number of nitriles is 1. The third kappa shape index (κ3) is 1.93. The SMILES string of the molecule is COc1cccc2c(C#N)c(Cl)n(CC(C)C)c12. The largest absolute Gasteiger partial charge is 0.495 e. The van der Waals surface area contributed by atoms with Crippen molar-refractivity contribution in [3.05, 3.63) is 28.9 Å². The van der Waals surface area contributed by atoms with Crippen molar-refractivity contribution in [2.75, 3.05) is 7.11 Å². The summed E-state index contributed by atoms with van der Waals surface area (Å²) >= 11 is 6.31. The molecule has 1 heterocycles. The van der Waals surface area contributed by atoms with E-state index in [1.807, 2.05) is 22.8 Å². The molecule has 0 N–H and O–H groups in total. The van der Waals surface area contributed by atoms with Gasteiger partial charge in [-0.3, -0.25) is 0 Å². The molecule has 94 valence electrons. The predicted molar refractivity (Wildman–Crippen MR) is 73.1 cm³/mol. The maximum Gasteiger partial charge on any atom is 0.143 e. The quantitative estimate of drug-likeness (QED) is 0.843. The lowest BCUT2D eigenvalue weighted by molar-refractivity contribution is 0.415.